The highest BCUT2D eigenvalue weighted by atomic mass is 32.2. The number of methoxy groups -OCH3 is 1. The summed E-state index contributed by atoms with van der Waals surface area (Å²) < 4.78 is 37.3. The van der Waals surface area contributed by atoms with Crippen molar-refractivity contribution in [1.82, 2.24) is 4.31 Å². The first-order valence-electron chi connectivity index (χ1n) is 7.97. The van der Waals surface area contributed by atoms with Crippen LogP contribution < -0.4 is 10.1 Å². The summed E-state index contributed by atoms with van der Waals surface area (Å²) >= 11 is 0. The fourth-order valence-electron chi connectivity index (χ4n) is 2.32. The van der Waals surface area contributed by atoms with Crippen molar-refractivity contribution in [3.63, 3.8) is 0 Å². The molecule has 1 aromatic carbocycles. The summed E-state index contributed by atoms with van der Waals surface area (Å²) in [6, 6.07) is 4.49. The van der Waals surface area contributed by atoms with Gasteiger partial charge in [-0.2, -0.15) is 4.31 Å². The molecule has 1 unspecified atom stereocenters. The average Bonchev–Trinajstić information content (AvgIpc) is 2.61. The summed E-state index contributed by atoms with van der Waals surface area (Å²) in [7, 11) is -2.15. The average molecular weight is 356 g/mol. The molecule has 1 fully saturated rings. The zero-order valence-corrected chi connectivity index (χ0v) is 15.1. The number of benzene rings is 1. The van der Waals surface area contributed by atoms with Crippen LogP contribution in [-0.4, -0.2) is 52.0 Å². The SMILES string of the molecule is CCC(C)C(=O)Nc1cc(S(=O)(=O)N2CCOCC2)ccc1OC. The fraction of sp³-hybridized carbons (Fsp3) is 0.562. The number of anilines is 1. The highest BCUT2D eigenvalue weighted by Crippen LogP contribution is 2.29. The Morgan fingerprint density at radius 2 is 2.04 bits per heavy atom. The van der Waals surface area contributed by atoms with Crippen LogP contribution in [-0.2, 0) is 19.6 Å². The third-order valence-corrected chi connectivity index (χ3v) is 5.99. The first-order chi connectivity index (χ1) is 11.4. The third-order valence-electron chi connectivity index (χ3n) is 4.10. The van der Waals surface area contributed by atoms with E-state index < -0.39 is 10.0 Å². The number of hydrogen-bond acceptors (Lipinski definition) is 5. The van der Waals surface area contributed by atoms with E-state index in [1.807, 2.05) is 13.8 Å². The van der Waals surface area contributed by atoms with E-state index in [1.54, 1.807) is 6.07 Å². The van der Waals surface area contributed by atoms with Gasteiger partial charge in [0.1, 0.15) is 5.75 Å². The van der Waals surface area contributed by atoms with E-state index in [9.17, 15) is 13.2 Å². The molecule has 1 atom stereocenters. The highest BCUT2D eigenvalue weighted by Gasteiger charge is 2.27. The van der Waals surface area contributed by atoms with Crippen molar-refractivity contribution in [2.45, 2.75) is 25.2 Å². The molecule has 1 heterocycles. The normalized spacial score (nSPS) is 17.3. The summed E-state index contributed by atoms with van der Waals surface area (Å²) in [5, 5.41) is 2.76. The van der Waals surface area contributed by atoms with Gasteiger partial charge >= 0.3 is 0 Å². The Morgan fingerprint density at radius 3 is 2.62 bits per heavy atom. The summed E-state index contributed by atoms with van der Waals surface area (Å²) in [5.74, 6) is 0.0820. The number of amides is 1. The van der Waals surface area contributed by atoms with Gasteiger partial charge in [0.15, 0.2) is 0 Å². The molecule has 1 N–H and O–H groups in total. The van der Waals surface area contributed by atoms with Crippen LogP contribution in [0.2, 0.25) is 0 Å². The lowest BCUT2D eigenvalue weighted by Crippen LogP contribution is -2.40. The van der Waals surface area contributed by atoms with Crippen molar-refractivity contribution >= 4 is 21.6 Å². The van der Waals surface area contributed by atoms with Crippen LogP contribution in [0.5, 0.6) is 5.75 Å². The molecule has 0 radical (unpaired) electrons. The van der Waals surface area contributed by atoms with Crippen LogP contribution in [0.3, 0.4) is 0 Å². The van der Waals surface area contributed by atoms with Crippen LogP contribution in [0.25, 0.3) is 0 Å². The molecule has 8 heteroatoms. The Labute approximate surface area is 143 Å². The summed E-state index contributed by atoms with van der Waals surface area (Å²) in [6.07, 6.45) is 0.694. The lowest BCUT2D eigenvalue weighted by atomic mass is 10.1. The van der Waals surface area contributed by atoms with Crippen molar-refractivity contribution in [3.05, 3.63) is 18.2 Å². The molecular formula is C16H24N2O5S. The molecule has 0 aliphatic carbocycles. The van der Waals surface area contributed by atoms with Gasteiger partial charge in [-0.05, 0) is 24.6 Å². The fourth-order valence-corrected chi connectivity index (χ4v) is 3.76. The topological polar surface area (TPSA) is 84.9 Å². The minimum Gasteiger partial charge on any atom is -0.495 e. The maximum atomic E-state index is 12.7. The quantitative estimate of drug-likeness (QED) is 0.839. The van der Waals surface area contributed by atoms with Crippen molar-refractivity contribution in [1.29, 1.82) is 0 Å². The summed E-state index contributed by atoms with van der Waals surface area (Å²) in [5.41, 5.74) is 0.358. The molecule has 0 bridgehead atoms. The molecule has 24 heavy (non-hydrogen) atoms. The van der Waals surface area contributed by atoms with Gasteiger partial charge in [0, 0.05) is 19.0 Å². The summed E-state index contributed by atoms with van der Waals surface area (Å²) in [6.45, 7) is 5.14. The van der Waals surface area contributed by atoms with Crippen LogP contribution in [0.1, 0.15) is 20.3 Å². The lowest BCUT2D eigenvalue weighted by molar-refractivity contribution is -0.119. The second-order valence-electron chi connectivity index (χ2n) is 5.68. The predicted octanol–water partition coefficient (Wildman–Crippen LogP) is 1.70. The highest BCUT2D eigenvalue weighted by molar-refractivity contribution is 7.89. The van der Waals surface area contributed by atoms with E-state index in [0.29, 0.717) is 44.2 Å². The smallest absolute Gasteiger partial charge is 0.243 e. The number of carbonyl (C=O) groups excluding carboxylic acids is 1. The molecule has 1 aliphatic rings. The van der Waals surface area contributed by atoms with Crippen LogP contribution in [0.15, 0.2) is 23.1 Å². The first-order valence-corrected chi connectivity index (χ1v) is 9.41. The Bertz CT molecular complexity index is 684. The number of hydrogen-bond donors (Lipinski definition) is 1. The monoisotopic (exact) mass is 356 g/mol. The number of nitrogens with zero attached hydrogens (tertiary/aromatic N) is 1. The van der Waals surface area contributed by atoms with E-state index in [-0.39, 0.29) is 16.7 Å². The molecule has 1 amide bonds. The molecule has 1 saturated heterocycles. The van der Waals surface area contributed by atoms with E-state index in [2.05, 4.69) is 5.32 Å². The van der Waals surface area contributed by atoms with Gasteiger partial charge in [0.05, 0.1) is 30.9 Å². The second-order valence-corrected chi connectivity index (χ2v) is 7.62. The Balaban J connectivity index is 2.32. The predicted molar refractivity (Wildman–Crippen MR) is 90.7 cm³/mol. The van der Waals surface area contributed by atoms with Gasteiger partial charge in [-0.3, -0.25) is 4.79 Å². The maximum Gasteiger partial charge on any atom is 0.243 e. The maximum absolute atomic E-state index is 12.7. The molecule has 2 rings (SSSR count). The van der Waals surface area contributed by atoms with Crippen LogP contribution in [0.4, 0.5) is 5.69 Å². The van der Waals surface area contributed by atoms with E-state index in [0.717, 1.165) is 0 Å². The number of nitrogens with one attached hydrogen (secondary N) is 1. The number of rotatable bonds is 6. The van der Waals surface area contributed by atoms with Crippen LogP contribution >= 0.6 is 0 Å². The number of morpholine rings is 1. The summed E-state index contributed by atoms with van der Waals surface area (Å²) in [4.78, 5) is 12.3. The lowest BCUT2D eigenvalue weighted by Gasteiger charge is -2.26. The van der Waals surface area contributed by atoms with Gasteiger partial charge in [0.2, 0.25) is 15.9 Å². The van der Waals surface area contributed by atoms with Gasteiger partial charge in [-0.25, -0.2) is 8.42 Å². The zero-order valence-electron chi connectivity index (χ0n) is 14.2. The van der Waals surface area contributed by atoms with E-state index >= 15 is 0 Å². The van der Waals surface area contributed by atoms with Crippen molar-refractivity contribution < 1.29 is 22.7 Å². The minimum absolute atomic E-state index is 0.129. The third kappa shape index (κ3) is 4.06. The second kappa shape index (κ2) is 7.96. The molecular weight excluding hydrogens is 332 g/mol. The molecule has 0 saturated carbocycles. The van der Waals surface area contributed by atoms with Gasteiger partial charge in [-0.15, -0.1) is 0 Å². The Hall–Kier alpha value is -1.64. The molecule has 0 spiro atoms. The molecule has 1 aliphatic heterocycles. The molecule has 134 valence electrons. The zero-order chi connectivity index (χ0) is 17.7. The van der Waals surface area contributed by atoms with Crippen LogP contribution in [0, 0.1) is 5.92 Å². The minimum atomic E-state index is -3.62. The van der Waals surface area contributed by atoms with E-state index in [4.69, 9.17) is 9.47 Å². The molecule has 0 aromatic heterocycles. The molecule has 1 aromatic rings. The first kappa shape index (κ1) is 18.7. The van der Waals surface area contributed by atoms with Gasteiger partial charge in [0.25, 0.3) is 0 Å². The number of carbonyl (C=O) groups is 1. The Kier molecular flexibility index (Phi) is 6.20. The van der Waals surface area contributed by atoms with E-state index in [1.165, 1.54) is 23.5 Å². The van der Waals surface area contributed by atoms with Crippen molar-refractivity contribution in [3.8, 4) is 5.75 Å². The number of ether oxygens (including phenoxy) is 2. The van der Waals surface area contributed by atoms with Crippen molar-refractivity contribution in [2.75, 3.05) is 38.7 Å². The Morgan fingerprint density at radius 1 is 1.38 bits per heavy atom. The number of sulfonamides is 1. The molecule has 7 nitrogen and oxygen atoms in total. The largest absolute Gasteiger partial charge is 0.495 e. The standard InChI is InChI=1S/C16H24N2O5S/c1-4-12(2)16(19)17-14-11-13(5-6-15(14)22-3)24(20,21)18-7-9-23-10-8-18/h5-6,11-12H,4,7-10H2,1-3H3,(H,17,19). The van der Waals surface area contributed by atoms with Crippen molar-refractivity contribution in [2.24, 2.45) is 5.92 Å². The van der Waals surface area contributed by atoms with Gasteiger partial charge in [-0.1, -0.05) is 13.8 Å². The van der Waals surface area contributed by atoms with Gasteiger partial charge < -0.3 is 14.8 Å².